The first-order chi connectivity index (χ1) is 46.3. The number of ether oxygens (including phenoxy) is 4. The SMILES string of the molecule is CCCCCCCCCCCCCCCCCCCCCCC(=O)O[C@H](COC(=O)CCCCCCCCCCCCC(C)C)COP(=O)(O)OC[C@@H](O)COP(=O)(O)OC[C@@H](COC(=O)CCCCCCCCC(C)CC)OC(=O)CCCCCCCCCCCCC(C)C. The maximum absolute atomic E-state index is 13.1. The van der Waals surface area contributed by atoms with Crippen molar-refractivity contribution in [1.29, 1.82) is 0 Å². The summed E-state index contributed by atoms with van der Waals surface area (Å²) in [5, 5.41) is 10.6. The molecule has 0 aliphatic rings. The lowest BCUT2D eigenvalue weighted by atomic mass is 10.00. The van der Waals surface area contributed by atoms with E-state index in [1.807, 2.05) is 0 Å². The van der Waals surface area contributed by atoms with Crippen LogP contribution in [0.4, 0.5) is 0 Å². The first kappa shape index (κ1) is 94.1. The molecule has 17 nitrogen and oxygen atoms in total. The van der Waals surface area contributed by atoms with Crippen molar-refractivity contribution in [3.05, 3.63) is 0 Å². The summed E-state index contributed by atoms with van der Waals surface area (Å²) in [4.78, 5) is 72.8. The Morgan fingerprint density at radius 3 is 0.792 bits per heavy atom. The van der Waals surface area contributed by atoms with Gasteiger partial charge in [0.2, 0.25) is 0 Å². The third kappa shape index (κ3) is 69.2. The average molecular weight is 1410 g/mol. The van der Waals surface area contributed by atoms with Gasteiger partial charge in [0, 0.05) is 25.7 Å². The molecule has 0 bridgehead atoms. The van der Waals surface area contributed by atoms with Crippen molar-refractivity contribution in [3.8, 4) is 0 Å². The zero-order valence-electron chi connectivity index (χ0n) is 62.8. The van der Waals surface area contributed by atoms with E-state index in [4.69, 9.17) is 37.0 Å². The van der Waals surface area contributed by atoms with Gasteiger partial charge in [-0.05, 0) is 43.4 Å². The highest BCUT2D eigenvalue weighted by atomic mass is 31.2. The minimum atomic E-state index is -4.96. The molecule has 0 aromatic heterocycles. The molecule has 3 unspecified atom stereocenters. The monoisotopic (exact) mass is 1410 g/mol. The van der Waals surface area contributed by atoms with Crippen LogP contribution in [0.2, 0.25) is 0 Å². The van der Waals surface area contributed by atoms with Gasteiger partial charge in [-0.2, -0.15) is 0 Å². The van der Waals surface area contributed by atoms with Gasteiger partial charge in [-0.15, -0.1) is 0 Å². The van der Waals surface area contributed by atoms with Crippen LogP contribution in [0.3, 0.4) is 0 Å². The predicted molar refractivity (Wildman–Crippen MR) is 391 cm³/mol. The van der Waals surface area contributed by atoms with Gasteiger partial charge < -0.3 is 33.8 Å². The number of rotatable bonds is 75. The molecule has 0 radical (unpaired) electrons. The zero-order valence-corrected chi connectivity index (χ0v) is 64.6. The van der Waals surface area contributed by atoms with Crippen LogP contribution in [0.1, 0.15) is 395 Å². The van der Waals surface area contributed by atoms with Crippen LogP contribution < -0.4 is 0 Å². The second-order valence-corrected chi connectivity index (χ2v) is 31.8. The highest BCUT2D eigenvalue weighted by Gasteiger charge is 2.30. The lowest BCUT2D eigenvalue weighted by Crippen LogP contribution is -2.30. The van der Waals surface area contributed by atoms with Crippen molar-refractivity contribution in [1.82, 2.24) is 0 Å². The molecular weight excluding hydrogens is 1260 g/mol. The molecule has 0 aliphatic carbocycles. The van der Waals surface area contributed by atoms with E-state index < -0.39 is 97.5 Å². The van der Waals surface area contributed by atoms with Gasteiger partial charge in [0.1, 0.15) is 19.3 Å². The summed E-state index contributed by atoms with van der Waals surface area (Å²) < 4.78 is 68.5. The number of esters is 4. The van der Waals surface area contributed by atoms with Crippen molar-refractivity contribution in [2.45, 2.75) is 414 Å². The van der Waals surface area contributed by atoms with Crippen LogP contribution in [0.25, 0.3) is 0 Å². The minimum absolute atomic E-state index is 0.105. The second kappa shape index (κ2) is 67.5. The summed E-state index contributed by atoms with van der Waals surface area (Å²) in [5.41, 5.74) is 0. The first-order valence-electron chi connectivity index (χ1n) is 39.9. The van der Waals surface area contributed by atoms with Crippen LogP contribution in [0, 0.1) is 17.8 Å². The predicted octanol–water partition coefficient (Wildman–Crippen LogP) is 22.6. The molecule has 0 rings (SSSR count). The smallest absolute Gasteiger partial charge is 0.462 e. The van der Waals surface area contributed by atoms with Crippen LogP contribution in [0.5, 0.6) is 0 Å². The van der Waals surface area contributed by atoms with Crippen LogP contribution >= 0.6 is 15.6 Å². The van der Waals surface area contributed by atoms with Crippen LogP contribution in [0.15, 0.2) is 0 Å². The van der Waals surface area contributed by atoms with E-state index in [1.54, 1.807) is 0 Å². The fourth-order valence-electron chi connectivity index (χ4n) is 11.7. The van der Waals surface area contributed by atoms with Crippen molar-refractivity contribution in [2.75, 3.05) is 39.6 Å². The Kier molecular flexibility index (Phi) is 66.2. The normalized spacial score (nSPS) is 14.3. The number of carbonyl (C=O) groups excluding carboxylic acids is 4. The third-order valence-electron chi connectivity index (χ3n) is 18.2. The molecule has 0 aromatic carbocycles. The molecule has 0 aliphatic heterocycles. The number of aliphatic hydroxyl groups excluding tert-OH is 1. The lowest BCUT2D eigenvalue weighted by molar-refractivity contribution is -0.161. The number of phosphoric acid groups is 2. The summed E-state index contributed by atoms with van der Waals surface area (Å²) in [5.74, 6) is 0.122. The Hall–Kier alpha value is -1.94. The van der Waals surface area contributed by atoms with E-state index >= 15 is 0 Å². The molecule has 3 N–H and O–H groups in total. The Bertz CT molecular complexity index is 1870. The summed E-state index contributed by atoms with van der Waals surface area (Å²) in [6.45, 7) is 11.8. The van der Waals surface area contributed by atoms with Crippen molar-refractivity contribution >= 4 is 39.5 Å². The molecule has 19 heteroatoms. The molecular formula is C77H150O17P2. The standard InChI is InChI=1S/C77H150O17P2/c1-8-10-11-12-13-14-15-16-17-18-19-20-21-22-23-24-32-37-46-53-60-76(81)93-72(64-87-74(79)58-51-44-36-31-27-25-29-34-41-48-55-68(3)4)66-91-95(83,84)89-62-71(78)63-90-96(85,86)92-67-73(65-88-75(80)59-52-45-40-39-43-50-57-70(7)9-2)94-77(82)61-54-47-38-33-28-26-30-35-42-49-56-69(5)6/h68-73,78H,8-67H2,1-7H3,(H,83,84)(H,85,86)/t70?,71-,72-,73-/m1/s1. The molecule has 0 aromatic rings. The average Bonchev–Trinajstić information content (AvgIpc) is 2.77. The number of hydrogen-bond donors (Lipinski definition) is 3. The molecule has 0 saturated carbocycles. The van der Waals surface area contributed by atoms with E-state index in [0.29, 0.717) is 25.7 Å². The number of hydrogen-bond acceptors (Lipinski definition) is 15. The van der Waals surface area contributed by atoms with E-state index in [0.717, 1.165) is 114 Å². The van der Waals surface area contributed by atoms with E-state index in [1.165, 1.54) is 199 Å². The largest absolute Gasteiger partial charge is 0.472 e. The molecule has 0 saturated heterocycles. The molecule has 0 spiro atoms. The topological polar surface area (TPSA) is 237 Å². The van der Waals surface area contributed by atoms with Crippen molar-refractivity contribution in [2.24, 2.45) is 17.8 Å². The number of carbonyl (C=O) groups is 4. The van der Waals surface area contributed by atoms with Gasteiger partial charge in [0.05, 0.1) is 26.4 Å². The maximum Gasteiger partial charge on any atom is 0.472 e. The summed E-state index contributed by atoms with van der Waals surface area (Å²) in [6.07, 6.45) is 54.2. The second-order valence-electron chi connectivity index (χ2n) is 28.9. The highest BCUT2D eigenvalue weighted by molar-refractivity contribution is 7.47. The van der Waals surface area contributed by atoms with Gasteiger partial charge in [-0.1, -0.05) is 344 Å². The molecule has 96 heavy (non-hydrogen) atoms. The number of phosphoric ester groups is 2. The first-order valence-corrected chi connectivity index (χ1v) is 42.9. The maximum atomic E-state index is 13.1. The molecule has 0 amide bonds. The van der Waals surface area contributed by atoms with Crippen LogP contribution in [-0.2, 0) is 65.4 Å². The minimum Gasteiger partial charge on any atom is -0.462 e. The zero-order chi connectivity index (χ0) is 70.9. The van der Waals surface area contributed by atoms with Crippen molar-refractivity contribution < 1.29 is 80.2 Å². The Labute approximate surface area is 588 Å². The van der Waals surface area contributed by atoms with E-state index in [2.05, 4.69) is 48.5 Å². The quantitative estimate of drug-likeness (QED) is 0.0222. The fourth-order valence-corrected chi connectivity index (χ4v) is 13.3. The van der Waals surface area contributed by atoms with E-state index in [-0.39, 0.29) is 25.7 Å². The van der Waals surface area contributed by atoms with E-state index in [9.17, 15) is 43.2 Å². The van der Waals surface area contributed by atoms with Gasteiger partial charge in [0.25, 0.3) is 0 Å². The van der Waals surface area contributed by atoms with Crippen molar-refractivity contribution in [3.63, 3.8) is 0 Å². The fraction of sp³-hybridized carbons (Fsp3) is 0.948. The van der Waals surface area contributed by atoms with Crippen LogP contribution in [-0.4, -0.2) is 96.7 Å². The van der Waals surface area contributed by atoms with Gasteiger partial charge in [-0.3, -0.25) is 37.3 Å². The third-order valence-corrected chi connectivity index (χ3v) is 20.1. The van der Waals surface area contributed by atoms with Gasteiger partial charge in [0.15, 0.2) is 12.2 Å². The Morgan fingerprint density at radius 1 is 0.302 bits per heavy atom. The summed E-state index contributed by atoms with van der Waals surface area (Å²) in [7, 11) is -9.91. The number of aliphatic hydroxyl groups is 1. The Balaban J connectivity index is 5.23. The molecule has 570 valence electrons. The molecule has 6 atom stereocenters. The Morgan fingerprint density at radius 2 is 0.531 bits per heavy atom. The molecule has 0 fully saturated rings. The molecule has 0 heterocycles. The lowest BCUT2D eigenvalue weighted by Gasteiger charge is -2.21. The number of unbranched alkanes of at least 4 members (excludes halogenated alkanes) is 42. The van der Waals surface area contributed by atoms with Gasteiger partial charge >= 0.3 is 39.5 Å². The highest BCUT2D eigenvalue weighted by Crippen LogP contribution is 2.45. The summed E-state index contributed by atoms with van der Waals surface area (Å²) >= 11 is 0. The summed E-state index contributed by atoms with van der Waals surface area (Å²) in [6, 6.07) is 0. The van der Waals surface area contributed by atoms with Gasteiger partial charge in [-0.25, -0.2) is 9.13 Å².